The van der Waals surface area contributed by atoms with Crippen LogP contribution in [-0.2, 0) is 6.54 Å². The number of nitrogens with one attached hydrogen (secondary N) is 2. The van der Waals surface area contributed by atoms with Gasteiger partial charge in [-0.1, -0.05) is 12.1 Å². The number of halogens is 1. The second-order valence-electron chi connectivity index (χ2n) is 5.59. The number of amides is 1. The largest absolute Gasteiger partial charge is 0.454 e. The van der Waals surface area contributed by atoms with Gasteiger partial charge in [0.1, 0.15) is 11.6 Å². The van der Waals surface area contributed by atoms with E-state index < -0.39 is 0 Å². The Morgan fingerprint density at radius 1 is 1.31 bits per heavy atom. The summed E-state index contributed by atoms with van der Waals surface area (Å²) < 4.78 is 8.23. The average Bonchev–Trinajstić information content (AvgIpc) is 3.38. The maximum Gasteiger partial charge on any atom is 0.291 e. The molecule has 3 heterocycles. The van der Waals surface area contributed by atoms with Gasteiger partial charge in [0, 0.05) is 29.8 Å². The fourth-order valence-corrected chi connectivity index (χ4v) is 2.86. The lowest BCUT2D eigenvalue weighted by molar-refractivity contribution is 0.0994. The summed E-state index contributed by atoms with van der Waals surface area (Å²) in [6.45, 7) is 0.451. The van der Waals surface area contributed by atoms with Crippen LogP contribution in [-0.4, -0.2) is 25.7 Å². The van der Waals surface area contributed by atoms with Crippen LogP contribution < -0.4 is 5.32 Å². The standard InChI is InChI=1S/C18H14BrN5O2/c19-13-9-22-24(10-13)11-15-4-5-16(26-15)18(25)23-14-3-1-2-12(8-14)17-20-6-7-21-17/h1-10H,11H2,(H,20,21)(H,23,25). The Morgan fingerprint density at radius 3 is 3.00 bits per heavy atom. The number of imidazole rings is 1. The van der Waals surface area contributed by atoms with Crippen LogP contribution in [0.15, 0.2) is 70.1 Å². The first-order chi connectivity index (χ1) is 12.7. The van der Waals surface area contributed by atoms with Crippen LogP contribution in [0.2, 0.25) is 0 Å². The van der Waals surface area contributed by atoms with Gasteiger partial charge in [0.25, 0.3) is 5.91 Å². The van der Waals surface area contributed by atoms with E-state index in [9.17, 15) is 4.79 Å². The van der Waals surface area contributed by atoms with E-state index in [-0.39, 0.29) is 11.7 Å². The minimum atomic E-state index is -0.311. The molecule has 2 N–H and O–H groups in total. The van der Waals surface area contributed by atoms with E-state index in [1.165, 1.54) is 0 Å². The molecule has 0 saturated carbocycles. The molecule has 4 aromatic rings. The number of hydrogen-bond acceptors (Lipinski definition) is 4. The third kappa shape index (κ3) is 3.60. The predicted molar refractivity (Wildman–Crippen MR) is 99.7 cm³/mol. The average molecular weight is 412 g/mol. The van der Waals surface area contributed by atoms with Gasteiger partial charge in [0.05, 0.1) is 17.2 Å². The lowest BCUT2D eigenvalue weighted by Gasteiger charge is -2.05. The number of furan rings is 1. The number of carbonyl (C=O) groups is 1. The van der Waals surface area contributed by atoms with Crippen LogP contribution in [0.4, 0.5) is 5.69 Å². The smallest absolute Gasteiger partial charge is 0.291 e. The van der Waals surface area contributed by atoms with Crippen molar-refractivity contribution in [3.63, 3.8) is 0 Å². The van der Waals surface area contributed by atoms with Gasteiger partial charge in [-0.15, -0.1) is 0 Å². The fraction of sp³-hybridized carbons (Fsp3) is 0.0556. The number of aromatic nitrogens is 4. The molecule has 0 unspecified atom stereocenters. The number of anilines is 1. The van der Waals surface area contributed by atoms with Crippen LogP contribution >= 0.6 is 15.9 Å². The van der Waals surface area contributed by atoms with Crippen molar-refractivity contribution in [1.82, 2.24) is 19.7 Å². The van der Waals surface area contributed by atoms with E-state index in [0.29, 0.717) is 18.0 Å². The highest BCUT2D eigenvalue weighted by Crippen LogP contribution is 2.20. The normalized spacial score (nSPS) is 10.8. The molecular formula is C18H14BrN5O2. The zero-order valence-electron chi connectivity index (χ0n) is 13.5. The van der Waals surface area contributed by atoms with Gasteiger partial charge in [-0.3, -0.25) is 9.48 Å². The summed E-state index contributed by atoms with van der Waals surface area (Å²) in [5.74, 6) is 1.32. The van der Waals surface area contributed by atoms with Gasteiger partial charge in [0.2, 0.25) is 0 Å². The van der Waals surface area contributed by atoms with E-state index in [1.807, 2.05) is 30.5 Å². The molecule has 0 bridgehead atoms. The maximum atomic E-state index is 12.4. The molecule has 0 fully saturated rings. The molecule has 0 radical (unpaired) electrons. The molecule has 130 valence electrons. The van der Waals surface area contributed by atoms with Gasteiger partial charge in [-0.05, 0) is 40.2 Å². The first-order valence-electron chi connectivity index (χ1n) is 7.85. The summed E-state index contributed by atoms with van der Waals surface area (Å²) in [5, 5.41) is 7.00. The number of hydrogen-bond donors (Lipinski definition) is 2. The van der Waals surface area contributed by atoms with Crippen molar-refractivity contribution < 1.29 is 9.21 Å². The van der Waals surface area contributed by atoms with E-state index >= 15 is 0 Å². The number of benzene rings is 1. The molecule has 7 nitrogen and oxygen atoms in total. The summed E-state index contributed by atoms with van der Waals surface area (Å²) in [5.41, 5.74) is 1.55. The second kappa shape index (κ2) is 7.01. The first kappa shape index (κ1) is 16.3. The Hall–Kier alpha value is -3.13. The third-order valence-electron chi connectivity index (χ3n) is 3.70. The van der Waals surface area contributed by atoms with Gasteiger partial charge in [-0.25, -0.2) is 4.98 Å². The molecule has 8 heteroatoms. The quantitative estimate of drug-likeness (QED) is 0.520. The lowest BCUT2D eigenvalue weighted by Crippen LogP contribution is -2.11. The Kier molecular flexibility index (Phi) is 4.40. The zero-order chi connectivity index (χ0) is 17.9. The number of carbonyl (C=O) groups excluding carboxylic acids is 1. The van der Waals surface area contributed by atoms with Crippen molar-refractivity contribution >= 4 is 27.5 Å². The minimum Gasteiger partial charge on any atom is -0.454 e. The Balaban J connectivity index is 1.46. The maximum absolute atomic E-state index is 12.4. The Bertz CT molecular complexity index is 1040. The Morgan fingerprint density at radius 2 is 2.23 bits per heavy atom. The molecule has 3 aromatic heterocycles. The molecule has 1 aromatic carbocycles. The van der Waals surface area contributed by atoms with E-state index in [0.717, 1.165) is 15.9 Å². The summed E-state index contributed by atoms with van der Waals surface area (Å²) in [6, 6.07) is 10.9. The zero-order valence-corrected chi connectivity index (χ0v) is 15.1. The molecule has 0 aliphatic carbocycles. The third-order valence-corrected chi connectivity index (χ3v) is 4.11. The molecule has 0 saturated heterocycles. The topological polar surface area (TPSA) is 88.7 Å². The van der Waals surface area contributed by atoms with Gasteiger partial charge in [0.15, 0.2) is 5.76 Å². The predicted octanol–water partition coefficient (Wildman–Crippen LogP) is 3.93. The molecule has 0 atom stereocenters. The van der Waals surface area contributed by atoms with Crippen LogP contribution in [0.3, 0.4) is 0 Å². The molecule has 0 spiro atoms. The lowest BCUT2D eigenvalue weighted by atomic mass is 10.2. The molecule has 0 aliphatic rings. The first-order valence-corrected chi connectivity index (χ1v) is 8.64. The minimum absolute atomic E-state index is 0.245. The van der Waals surface area contributed by atoms with Crippen LogP contribution in [0.5, 0.6) is 0 Å². The van der Waals surface area contributed by atoms with Gasteiger partial charge < -0.3 is 14.7 Å². The van der Waals surface area contributed by atoms with Gasteiger partial charge in [-0.2, -0.15) is 5.10 Å². The molecule has 0 aliphatic heterocycles. The molecule has 1 amide bonds. The van der Waals surface area contributed by atoms with Crippen LogP contribution in [0, 0.1) is 0 Å². The van der Waals surface area contributed by atoms with E-state index in [4.69, 9.17) is 4.42 Å². The van der Waals surface area contributed by atoms with Crippen molar-refractivity contribution in [3.8, 4) is 11.4 Å². The number of nitrogens with zero attached hydrogens (tertiary/aromatic N) is 3. The Labute approximate surface area is 157 Å². The highest BCUT2D eigenvalue weighted by molar-refractivity contribution is 9.10. The van der Waals surface area contributed by atoms with E-state index in [2.05, 4.69) is 36.3 Å². The molecule has 4 rings (SSSR count). The van der Waals surface area contributed by atoms with Crippen molar-refractivity contribution in [2.45, 2.75) is 6.54 Å². The summed E-state index contributed by atoms with van der Waals surface area (Å²) in [7, 11) is 0. The second-order valence-corrected chi connectivity index (χ2v) is 6.51. The number of aromatic amines is 1. The fourth-order valence-electron chi connectivity index (χ4n) is 2.53. The molecular weight excluding hydrogens is 398 g/mol. The highest BCUT2D eigenvalue weighted by Gasteiger charge is 2.13. The number of H-pyrrole nitrogens is 1. The highest BCUT2D eigenvalue weighted by atomic mass is 79.9. The van der Waals surface area contributed by atoms with Crippen LogP contribution in [0.25, 0.3) is 11.4 Å². The SMILES string of the molecule is O=C(Nc1cccc(-c2ncc[nH]2)c1)c1ccc(Cn2cc(Br)cn2)o1. The van der Waals surface area contributed by atoms with Gasteiger partial charge >= 0.3 is 0 Å². The van der Waals surface area contributed by atoms with E-state index in [1.54, 1.807) is 35.4 Å². The summed E-state index contributed by atoms with van der Waals surface area (Å²) >= 11 is 3.35. The van der Waals surface area contributed by atoms with Crippen LogP contribution in [0.1, 0.15) is 16.3 Å². The monoisotopic (exact) mass is 411 g/mol. The number of rotatable bonds is 5. The van der Waals surface area contributed by atoms with Crippen molar-refractivity contribution in [2.75, 3.05) is 5.32 Å². The summed E-state index contributed by atoms with van der Waals surface area (Å²) in [4.78, 5) is 19.7. The van der Waals surface area contributed by atoms with Crippen molar-refractivity contribution in [2.24, 2.45) is 0 Å². The van der Waals surface area contributed by atoms with Crippen molar-refractivity contribution in [3.05, 3.63) is 77.2 Å². The van der Waals surface area contributed by atoms with Crippen molar-refractivity contribution in [1.29, 1.82) is 0 Å². The molecule has 26 heavy (non-hydrogen) atoms. The summed E-state index contributed by atoms with van der Waals surface area (Å²) in [6.07, 6.45) is 6.97.